The molecule has 23 heavy (non-hydrogen) atoms. The minimum atomic E-state index is -0.537. The fourth-order valence-electron chi connectivity index (χ4n) is 2.26. The van der Waals surface area contributed by atoms with Gasteiger partial charge in [-0.05, 0) is 6.07 Å². The molecule has 0 saturated heterocycles. The molecule has 0 unspecified atom stereocenters. The number of esters is 1. The van der Waals surface area contributed by atoms with E-state index >= 15 is 0 Å². The average Bonchev–Trinajstić information content (AvgIpc) is 2.90. The van der Waals surface area contributed by atoms with Crippen LogP contribution in [0.3, 0.4) is 0 Å². The van der Waals surface area contributed by atoms with Gasteiger partial charge in [0.1, 0.15) is 10.3 Å². The Morgan fingerprint density at radius 1 is 1.13 bits per heavy atom. The Kier molecular flexibility index (Phi) is 3.83. The molecule has 1 aromatic carbocycles. The van der Waals surface area contributed by atoms with Crippen molar-refractivity contribution in [1.29, 1.82) is 0 Å². The molecule has 3 aromatic rings. The Balaban J connectivity index is 2.25. The lowest BCUT2D eigenvalue weighted by Gasteiger charge is -2.03. The Bertz CT molecular complexity index is 915. The van der Waals surface area contributed by atoms with Crippen molar-refractivity contribution in [1.82, 2.24) is 0 Å². The number of aromatic nitrogens is 1. The Morgan fingerprint density at radius 2 is 1.83 bits per heavy atom. The maximum Gasteiger partial charge on any atom is 0.308 e. The van der Waals surface area contributed by atoms with Crippen LogP contribution in [0.25, 0.3) is 10.2 Å². The fourth-order valence-corrected chi connectivity index (χ4v) is 3.41. The number of aryl methyl sites for hydroxylation is 1. The minimum Gasteiger partial charge on any atom is -0.617 e. The van der Waals surface area contributed by atoms with Crippen molar-refractivity contribution < 1.29 is 19.1 Å². The van der Waals surface area contributed by atoms with Crippen molar-refractivity contribution in [3.63, 3.8) is 0 Å². The molecule has 0 amide bonds. The summed E-state index contributed by atoms with van der Waals surface area (Å²) in [6, 6.07) is 12.0. The van der Waals surface area contributed by atoms with Crippen molar-refractivity contribution in [2.45, 2.75) is 13.8 Å². The summed E-state index contributed by atoms with van der Waals surface area (Å²) in [6.07, 6.45) is 0. The van der Waals surface area contributed by atoms with Crippen LogP contribution in [0.1, 0.15) is 27.9 Å². The van der Waals surface area contributed by atoms with E-state index in [-0.39, 0.29) is 16.4 Å². The van der Waals surface area contributed by atoms with Crippen LogP contribution < -0.4 is 9.47 Å². The lowest BCUT2D eigenvalue weighted by molar-refractivity contribution is -0.581. The highest BCUT2D eigenvalue weighted by atomic mass is 32.1. The van der Waals surface area contributed by atoms with E-state index in [0.717, 1.165) is 16.1 Å². The van der Waals surface area contributed by atoms with Crippen LogP contribution in [-0.2, 0) is 4.79 Å². The van der Waals surface area contributed by atoms with Gasteiger partial charge in [0.15, 0.2) is 11.4 Å². The number of rotatable bonds is 3. The number of fused-ring (bicyclic) bond motifs is 1. The standard InChI is InChI=1S/C17H13NO4S/c1-10-8-9-13-15(22-11(2)19)16(23-17(13)18(10)21)14(20)12-6-4-3-5-7-12/h3-9H,1-2H3. The first-order valence-corrected chi connectivity index (χ1v) is 7.74. The third-order valence-electron chi connectivity index (χ3n) is 3.36. The summed E-state index contributed by atoms with van der Waals surface area (Å²) < 4.78 is 5.98. The largest absolute Gasteiger partial charge is 0.617 e. The maximum atomic E-state index is 12.7. The number of hydrogen-bond acceptors (Lipinski definition) is 5. The number of thiophene rings is 1. The van der Waals surface area contributed by atoms with E-state index in [1.165, 1.54) is 6.92 Å². The summed E-state index contributed by atoms with van der Waals surface area (Å²) in [5.41, 5.74) is 0.980. The molecule has 6 heteroatoms. The second kappa shape index (κ2) is 5.81. The van der Waals surface area contributed by atoms with Crippen LogP contribution in [0, 0.1) is 12.1 Å². The van der Waals surface area contributed by atoms with Crippen LogP contribution in [0.4, 0.5) is 0 Å². The Morgan fingerprint density at radius 3 is 2.48 bits per heavy atom. The number of pyridine rings is 1. The molecule has 116 valence electrons. The molecule has 0 spiro atoms. The molecule has 0 saturated carbocycles. The molecule has 2 heterocycles. The van der Waals surface area contributed by atoms with Crippen molar-refractivity contribution in [2.75, 3.05) is 0 Å². The van der Waals surface area contributed by atoms with E-state index in [4.69, 9.17) is 4.74 Å². The highest BCUT2D eigenvalue weighted by Gasteiger charge is 2.26. The third-order valence-corrected chi connectivity index (χ3v) is 4.52. The number of nitrogens with zero attached hydrogens (tertiary/aromatic N) is 1. The predicted octanol–water partition coefficient (Wildman–Crippen LogP) is 3.00. The second-order valence-electron chi connectivity index (χ2n) is 5.04. The lowest BCUT2D eigenvalue weighted by atomic mass is 10.1. The SMILES string of the molecule is CC(=O)Oc1c(C(=O)c2ccccc2)sc2c1ccc(C)[n+]2[O-]. The van der Waals surface area contributed by atoms with Crippen LogP contribution in [0.15, 0.2) is 42.5 Å². The quantitative estimate of drug-likeness (QED) is 0.321. The molecule has 0 atom stereocenters. The predicted molar refractivity (Wildman–Crippen MR) is 86.7 cm³/mol. The first-order valence-electron chi connectivity index (χ1n) is 6.93. The molecule has 0 aliphatic rings. The van der Waals surface area contributed by atoms with E-state index in [2.05, 4.69) is 0 Å². The van der Waals surface area contributed by atoms with Gasteiger partial charge < -0.3 is 9.94 Å². The first kappa shape index (κ1) is 15.2. The van der Waals surface area contributed by atoms with E-state index < -0.39 is 5.97 Å². The van der Waals surface area contributed by atoms with Gasteiger partial charge in [-0.1, -0.05) is 41.7 Å². The monoisotopic (exact) mass is 327 g/mol. The Hall–Kier alpha value is -2.73. The third kappa shape index (κ3) is 2.68. The zero-order chi connectivity index (χ0) is 16.6. The summed E-state index contributed by atoms with van der Waals surface area (Å²) in [6.45, 7) is 2.94. The van der Waals surface area contributed by atoms with E-state index in [1.807, 2.05) is 6.07 Å². The van der Waals surface area contributed by atoms with Gasteiger partial charge in [-0.3, -0.25) is 9.59 Å². The highest BCUT2D eigenvalue weighted by Crippen LogP contribution is 2.37. The van der Waals surface area contributed by atoms with E-state index in [1.54, 1.807) is 43.3 Å². The second-order valence-corrected chi connectivity index (χ2v) is 6.04. The smallest absolute Gasteiger partial charge is 0.308 e. The molecule has 3 rings (SSSR count). The molecule has 0 N–H and O–H groups in total. The Labute approximate surface area is 136 Å². The molecular weight excluding hydrogens is 314 g/mol. The molecule has 5 nitrogen and oxygen atoms in total. The van der Waals surface area contributed by atoms with Gasteiger partial charge in [0.2, 0.25) is 5.78 Å². The van der Waals surface area contributed by atoms with Gasteiger partial charge in [-0.15, -0.1) is 0 Å². The van der Waals surface area contributed by atoms with Crippen LogP contribution in [-0.4, -0.2) is 11.8 Å². The summed E-state index contributed by atoms with van der Waals surface area (Å²) in [7, 11) is 0. The summed E-state index contributed by atoms with van der Waals surface area (Å²) >= 11 is 1.03. The van der Waals surface area contributed by atoms with Crippen molar-refractivity contribution in [2.24, 2.45) is 0 Å². The normalized spacial score (nSPS) is 10.7. The zero-order valence-electron chi connectivity index (χ0n) is 12.5. The van der Waals surface area contributed by atoms with Crippen molar-refractivity contribution in [3.8, 4) is 5.75 Å². The van der Waals surface area contributed by atoms with Gasteiger partial charge in [-0.25, -0.2) is 0 Å². The number of carbonyl (C=O) groups is 2. The van der Waals surface area contributed by atoms with Crippen molar-refractivity contribution >= 4 is 33.3 Å². The summed E-state index contributed by atoms with van der Waals surface area (Å²) in [5.74, 6) is -0.665. The van der Waals surface area contributed by atoms with Crippen LogP contribution in [0.2, 0.25) is 0 Å². The average molecular weight is 327 g/mol. The summed E-state index contributed by atoms with van der Waals surface area (Å²) in [5, 5.41) is 12.7. The first-order chi connectivity index (χ1) is 11.0. The highest BCUT2D eigenvalue weighted by molar-refractivity contribution is 7.20. The van der Waals surface area contributed by atoms with Gasteiger partial charge in [0.05, 0.1) is 0 Å². The number of carbonyl (C=O) groups excluding carboxylic acids is 2. The number of ether oxygens (including phenoxy) is 1. The summed E-state index contributed by atoms with van der Waals surface area (Å²) in [4.78, 5) is 24.7. The van der Waals surface area contributed by atoms with E-state index in [0.29, 0.717) is 21.5 Å². The van der Waals surface area contributed by atoms with Crippen molar-refractivity contribution in [3.05, 3.63) is 63.8 Å². The fraction of sp³-hybridized carbons (Fsp3) is 0.118. The molecular formula is C17H13NO4S. The lowest BCUT2D eigenvalue weighted by Crippen LogP contribution is -2.29. The molecule has 0 radical (unpaired) electrons. The molecule has 0 bridgehead atoms. The topological polar surface area (TPSA) is 70.3 Å². The maximum absolute atomic E-state index is 12.7. The number of hydrogen-bond donors (Lipinski definition) is 0. The molecule has 0 fully saturated rings. The molecule has 2 aromatic heterocycles. The minimum absolute atomic E-state index is 0.149. The zero-order valence-corrected chi connectivity index (χ0v) is 13.3. The van der Waals surface area contributed by atoms with Crippen LogP contribution in [0.5, 0.6) is 5.75 Å². The molecule has 0 aliphatic heterocycles. The van der Waals surface area contributed by atoms with Gasteiger partial charge in [0.25, 0.3) is 4.83 Å². The van der Waals surface area contributed by atoms with Crippen LogP contribution >= 0.6 is 11.3 Å². The number of benzene rings is 1. The van der Waals surface area contributed by atoms with E-state index in [9.17, 15) is 14.8 Å². The number of ketones is 1. The molecule has 0 aliphatic carbocycles. The van der Waals surface area contributed by atoms with Gasteiger partial charge in [-0.2, -0.15) is 4.73 Å². The van der Waals surface area contributed by atoms with Gasteiger partial charge >= 0.3 is 5.97 Å². The van der Waals surface area contributed by atoms with Gasteiger partial charge in [0, 0.05) is 25.5 Å².